The summed E-state index contributed by atoms with van der Waals surface area (Å²) in [5.41, 5.74) is 4.56. The Balaban J connectivity index is 1.70. The van der Waals surface area contributed by atoms with Crippen LogP contribution in [0.2, 0.25) is 0 Å². The fraction of sp³-hybridized carbons (Fsp3) is 0.357. The van der Waals surface area contributed by atoms with Crippen LogP contribution in [0.4, 0.5) is 0 Å². The molecule has 0 radical (unpaired) electrons. The van der Waals surface area contributed by atoms with Crippen molar-refractivity contribution in [2.75, 3.05) is 27.9 Å². The number of nitrogens with one attached hydrogen (secondary N) is 1. The summed E-state index contributed by atoms with van der Waals surface area (Å²) in [5, 5.41) is 0. The molecule has 0 aromatic heterocycles. The van der Waals surface area contributed by atoms with Crippen molar-refractivity contribution in [2.45, 2.75) is 43.8 Å². The van der Waals surface area contributed by atoms with Gasteiger partial charge in [0.1, 0.15) is 5.75 Å². The predicted octanol–water partition coefficient (Wildman–Crippen LogP) is 4.49. The second-order valence-electron chi connectivity index (χ2n) is 9.14. The molecule has 3 aromatic rings. The van der Waals surface area contributed by atoms with E-state index in [1.54, 1.807) is 45.6 Å². The first-order valence-electron chi connectivity index (χ1n) is 12.0. The van der Waals surface area contributed by atoms with Gasteiger partial charge in [-0.05, 0) is 73.4 Å². The van der Waals surface area contributed by atoms with Crippen molar-refractivity contribution < 1.29 is 22.6 Å². The molecule has 7 nitrogen and oxygen atoms in total. The van der Waals surface area contributed by atoms with Gasteiger partial charge >= 0.3 is 0 Å². The summed E-state index contributed by atoms with van der Waals surface area (Å²) in [4.78, 5) is 2.53. The van der Waals surface area contributed by atoms with E-state index in [-0.39, 0.29) is 10.9 Å². The van der Waals surface area contributed by atoms with E-state index < -0.39 is 16.1 Å². The largest absolute Gasteiger partial charge is 0.497 e. The Morgan fingerprint density at radius 2 is 1.58 bits per heavy atom. The van der Waals surface area contributed by atoms with Crippen LogP contribution in [0, 0.1) is 6.92 Å². The first kappa shape index (κ1) is 26.0. The molecular formula is C28H34N2O5S. The third-order valence-electron chi connectivity index (χ3n) is 6.72. The lowest BCUT2D eigenvalue weighted by atomic mass is 9.88. The van der Waals surface area contributed by atoms with Crippen molar-refractivity contribution in [3.63, 3.8) is 0 Å². The van der Waals surface area contributed by atoms with E-state index in [1.807, 2.05) is 19.1 Å². The summed E-state index contributed by atoms with van der Waals surface area (Å²) in [6.45, 7) is 5.47. The first-order chi connectivity index (χ1) is 17.2. The van der Waals surface area contributed by atoms with E-state index in [0.29, 0.717) is 23.8 Å². The molecule has 36 heavy (non-hydrogen) atoms. The summed E-state index contributed by atoms with van der Waals surface area (Å²) < 4.78 is 45.8. The highest BCUT2D eigenvalue weighted by Gasteiger charge is 2.35. The van der Waals surface area contributed by atoms with Crippen molar-refractivity contribution in [3.05, 3.63) is 82.9 Å². The normalized spacial score (nSPS) is 16.8. The highest BCUT2D eigenvalue weighted by Crippen LogP contribution is 2.40. The predicted molar refractivity (Wildman–Crippen MR) is 140 cm³/mol. The van der Waals surface area contributed by atoms with Crippen molar-refractivity contribution >= 4 is 10.0 Å². The van der Waals surface area contributed by atoms with Crippen LogP contribution < -0.4 is 18.9 Å². The molecule has 1 heterocycles. The van der Waals surface area contributed by atoms with Crippen LogP contribution in [0.25, 0.3) is 0 Å². The lowest BCUT2D eigenvalue weighted by Crippen LogP contribution is -2.47. The minimum absolute atomic E-state index is 0.198. The second kappa shape index (κ2) is 10.9. The molecule has 2 atom stereocenters. The number of hydrogen-bond acceptors (Lipinski definition) is 6. The number of methoxy groups -OCH3 is 3. The fourth-order valence-corrected chi connectivity index (χ4v) is 6.10. The van der Waals surface area contributed by atoms with E-state index in [4.69, 9.17) is 14.2 Å². The molecular weight excluding hydrogens is 476 g/mol. The Bertz CT molecular complexity index is 1290. The van der Waals surface area contributed by atoms with Gasteiger partial charge < -0.3 is 14.2 Å². The number of aryl methyl sites for hydroxylation is 1. The summed E-state index contributed by atoms with van der Waals surface area (Å²) in [6.07, 6.45) is 0.829. The smallest absolute Gasteiger partial charge is 0.240 e. The van der Waals surface area contributed by atoms with Crippen molar-refractivity contribution in [1.29, 1.82) is 0 Å². The number of rotatable bonds is 9. The van der Waals surface area contributed by atoms with Crippen molar-refractivity contribution in [2.24, 2.45) is 0 Å². The minimum Gasteiger partial charge on any atom is -0.497 e. The summed E-state index contributed by atoms with van der Waals surface area (Å²) in [6, 6.07) is 18.2. The van der Waals surface area contributed by atoms with E-state index in [9.17, 15) is 8.42 Å². The zero-order valence-electron chi connectivity index (χ0n) is 21.4. The fourth-order valence-electron chi connectivity index (χ4n) is 4.85. The van der Waals surface area contributed by atoms with Crippen LogP contribution >= 0.6 is 0 Å². The highest BCUT2D eigenvalue weighted by atomic mass is 32.2. The van der Waals surface area contributed by atoms with Gasteiger partial charge in [-0.15, -0.1) is 0 Å². The molecule has 4 rings (SSSR count). The summed E-state index contributed by atoms with van der Waals surface area (Å²) in [5.74, 6) is 1.91. The standard InChI is InChI=1S/C28H34N2O5S/c1-19-6-8-21(9-7-19)18-30-15-14-22-16-26(34-4)27(35-5)17-25(22)28(30)20(2)29-36(31,32)24-12-10-23(33-3)11-13-24/h6-13,16-17,20,28-29H,14-15,18H2,1-5H3/t20-,28+/m0/s1. The van der Waals surface area contributed by atoms with E-state index in [1.165, 1.54) is 11.1 Å². The van der Waals surface area contributed by atoms with Gasteiger partial charge in [0.25, 0.3) is 0 Å². The van der Waals surface area contributed by atoms with Gasteiger partial charge in [-0.2, -0.15) is 0 Å². The van der Waals surface area contributed by atoms with Crippen LogP contribution in [0.3, 0.4) is 0 Å². The number of hydrogen-bond donors (Lipinski definition) is 1. The van der Waals surface area contributed by atoms with Gasteiger partial charge in [-0.25, -0.2) is 13.1 Å². The van der Waals surface area contributed by atoms with Crippen LogP contribution in [0.5, 0.6) is 17.2 Å². The van der Waals surface area contributed by atoms with Gasteiger partial charge in [0.05, 0.1) is 32.3 Å². The third-order valence-corrected chi connectivity index (χ3v) is 8.29. The van der Waals surface area contributed by atoms with Crippen LogP contribution in [0.15, 0.2) is 65.6 Å². The van der Waals surface area contributed by atoms with Gasteiger partial charge in [0.2, 0.25) is 10.0 Å². The number of ether oxygens (including phenoxy) is 3. The second-order valence-corrected chi connectivity index (χ2v) is 10.9. The Hall–Kier alpha value is -3.07. The number of nitrogens with zero attached hydrogens (tertiary/aromatic N) is 1. The molecule has 0 saturated carbocycles. The van der Waals surface area contributed by atoms with Crippen molar-refractivity contribution in [1.82, 2.24) is 9.62 Å². The Kier molecular flexibility index (Phi) is 7.88. The molecule has 3 aromatic carbocycles. The molecule has 8 heteroatoms. The average molecular weight is 511 g/mol. The van der Waals surface area contributed by atoms with Gasteiger partial charge in [-0.1, -0.05) is 29.8 Å². The maximum Gasteiger partial charge on any atom is 0.240 e. The Morgan fingerprint density at radius 3 is 2.19 bits per heavy atom. The molecule has 0 fully saturated rings. The lowest BCUT2D eigenvalue weighted by molar-refractivity contribution is 0.150. The highest BCUT2D eigenvalue weighted by molar-refractivity contribution is 7.89. The van der Waals surface area contributed by atoms with Gasteiger partial charge in [0, 0.05) is 19.1 Å². The van der Waals surface area contributed by atoms with E-state index in [0.717, 1.165) is 24.1 Å². The quantitative estimate of drug-likeness (QED) is 0.457. The summed E-state index contributed by atoms with van der Waals surface area (Å²) >= 11 is 0. The zero-order chi connectivity index (χ0) is 25.9. The maximum atomic E-state index is 13.3. The van der Waals surface area contributed by atoms with Crippen LogP contribution in [0.1, 0.15) is 35.2 Å². The number of fused-ring (bicyclic) bond motifs is 1. The van der Waals surface area contributed by atoms with E-state index >= 15 is 0 Å². The number of benzene rings is 3. The Labute approximate surface area is 214 Å². The number of sulfonamides is 1. The monoisotopic (exact) mass is 510 g/mol. The lowest BCUT2D eigenvalue weighted by Gasteiger charge is -2.41. The molecule has 1 aliphatic rings. The SMILES string of the molecule is COc1ccc(S(=O)(=O)N[C@@H](C)[C@@H]2c3cc(OC)c(OC)cc3CCN2Cc2ccc(C)cc2)cc1. The third kappa shape index (κ3) is 5.51. The topological polar surface area (TPSA) is 77.1 Å². The van der Waals surface area contributed by atoms with Crippen molar-refractivity contribution in [3.8, 4) is 17.2 Å². The zero-order valence-corrected chi connectivity index (χ0v) is 22.3. The average Bonchev–Trinajstić information content (AvgIpc) is 2.88. The molecule has 1 aliphatic heterocycles. The molecule has 0 unspecified atom stereocenters. The first-order valence-corrected chi connectivity index (χ1v) is 13.4. The molecule has 0 spiro atoms. The molecule has 0 bridgehead atoms. The minimum atomic E-state index is -3.75. The molecule has 0 amide bonds. The molecule has 0 saturated heterocycles. The molecule has 1 N–H and O–H groups in total. The summed E-state index contributed by atoms with van der Waals surface area (Å²) in [7, 11) is 1.03. The Morgan fingerprint density at radius 1 is 0.944 bits per heavy atom. The van der Waals surface area contributed by atoms with E-state index in [2.05, 4.69) is 40.8 Å². The van der Waals surface area contributed by atoms with Gasteiger partial charge in [0.15, 0.2) is 11.5 Å². The molecule has 0 aliphatic carbocycles. The maximum absolute atomic E-state index is 13.3. The van der Waals surface area contributed by atoms with Gasteiger partial charge in [-0.3, -0.25) is 4.90 Å². The molecule has 192 valence electrons. The van der Waals surface area contributed by atoms with Crippen LogP contribution in [-0.4, -0.2) is 47.2 Å². The van der Waals surface area contributed by atoms with Crippen LogP contribution in [-0.2, 0) is 23.0 Å².